The summed E-state index contributed by atoms with van der Waals surface area (Å²) in [6, 6.07) is 13.2. The van der Waals surface area contributed by atoms with Gasteiger partial charge in [0, 0.05) is 5.69 Å². The molecule has 2 aromatic carbocycles. The number of anilines is 1. The number of nitrogens with one attached hydrogen (secondary N) is 1. The summed E-state index contributed by atoms with van der Waals surface area (Å²) in [7, 11) is 0. The molecule has 0 aromatic heterocycles. The number of rotatable bonds is 5. The van der Waals surface area contributed by atoms with Gasteiger partial charge in [-0.15, -0.1) is 0 Å². The highest BCUT2D eigenvalue weighted by molar-refractivity contribution is 5.71. The summed E-state index contributed by atoms with van der Waals surface area (Å²) in [5.41, 5.74) is 1.47. The van der Waals surface area contributed by atoms with Crippen LogP contribution in [0.4, 0.5) is 10.1 Å². The first-order valence-corrected chi connectivity index (χ1v) is 5.45. The van der Waals surface area contributed by atoms with E-state index in [1.807, 2.05) is 0 Å². The Balaban J connectivity index is 1.95. The van der Waals surface area contributed by atoms with E-state index in [0.29, 0.717) is 24.5 Å². The Morgan fingerprint density at radius 1 is 1.17 bits per heavy atom. The monoisotopic (exact) mass is 245 g/mol. The van der Waals surface area contributed by atoms with E-state index in [0.717, 1.165) is 5.56 Å². The van der Waals surface area contributed by atoms with Crippen LogP contribution in [0.2, 0.25) is 0 Å². The van der Waals surface area contributed by atoms with Gasteiger partial charge in [0.15, 0.2) is 0 Å². The summed E-state index contributed by atoms with van der Waals surface area (Å²) >= 11 is 0. The molecule has 0 fully saturated rings. The van der Waals surface area contributed by atoms with Gasteiger partial charge in [0.1, 0.15) is 18.2 Å². The maximum absolute atomic E-state index is 12.9. The molecule has 4 heteroatoms. The first kappa shape index (κ1) is 12.1. The fourth-order valence-electron chi connectivity index (χ4n) is 1.51. The molecule has 18 heavy (non-hydrogen) atoms. The number of hydrogen-bond acceptors (Lipinski definition) is 2. The molecule has 2 aromatic rings. The largest absolute Gasteiger partial charge is 0.489 e. The van der Waals surface area contributed by atoms with Crippen LogP contribution in [0.5, 0.6) is 5.75 Å². The molecule has 1 N–H and O–H groups in total. The van der Waals surface area contributed by atoms with E-state index in [-0.39, 0.29) is 5.82 Å². The molecule has 0 aliphatic heterocycles. The summed E-state index contributed by atoms with van der Waals surface area (Å²) < 4.78 is 18.4. The fourth-order valence-corrected chi connectivity index (χ4v) is 1.51. The van der Waals surface area contributed by atoms with E-state index in [2.05, 4.69) is 5.32 Å². The number of carbonyl (C=O) groups excluding carboxylic acids is 1. The highest BCUT2D eigenvalue weighted by Crippen LogP contribution is 2.16. The second-order valence-corrected chi connectivity index (χ2v) is 3.71. The molecule has 92 valence electrons. The smallest absolute Gasteiger partial charge is 0.211 e. The molecule has 1 amide bonds. The van der Waals surface area contributed by atoms with Crippen molar-refractivity contribution in [3.8, 4) is 5.75 Å². The zero-order valence-corrected chi connectivity index (χ0v) is 9.60. The van der Waals surface area contributed by atoms with Crippen molar-refractivity contribution in [2.24, 2.45) is 0 Å². The van der Waals surface area contributed by atoms with Crippen molar-refractivity contribution in [3.63, 3.8) is 0 Å². The molecule has 0 atom stereocenters. The molecule has 0 saturated heterocycles. The second-order valence-electron chi connectivity index (χ2n) is 3.71. The van der Waals surface area contributed by atoms with Crippen LogP contribution in [-0.2, 0) is 11.4 Å². The summed E-state index contributed by atoms with van der Waals surface area (Å²) in [5, 5.41) is 2.53. The third kappa shape index (κ3) is 3.31. The summed E-state index contributed by atoms with van der Waals surface area (Å²) in [4.78, 5) is 10.2. The van der Waals surface area contributed by atoms with Gasteiger partial charge in [-0.2, -0.15) is 0 Å². The van der Waals surface area contributed by atoms with Gasteiger partial charge in [-0.05, 0) is 42.0 Å². The SMILES string of the molecule is O=CNc1ccc(OCc2cccc(F)c2)cc1. The molecular formula is C14H12FNO2. The first-order valence-electron chi connectivity index (χ1n) is 5.45. The minimum absolute atomic E-state index is 0.276. The summed E-state index contributed by atoms with van der Waals surface area (Å²) in [6.45, 7) is 0.304. The molecule has 0 radical (unpaired) electrons. The van der Waals surface area contributed by atoms with Gasteiger partial charge < -0.3 is 10.1 Å². The minimum Gasteiger partial charge on any atom is -0.489 e. The fraction of sp³-hybridized carbons (Fsp3) is 0.0714. The van der Waals surface area contributed by atoms with Crippen LogP contribution in [0, 0.1) is 5.82 Å². The maximum Gasteiger partial charge on any atom is 0.211 e. The normalized spacial score (nSPS) is 9.83. The predicted octanol–water partition coefficient (Wildman–Crippen LogP) is 2.97. The molecule has 3 nitrogen and oxygen atoms in total. The van der Waals surface area contributed by atoms with Gasteiger partial charge in [-0.3, -0.25) is 4.79 Å². The van der Waals surface area contributed by atoms with Crippen molar-refractivity contribution in [3.05, 3.63) is 59.9 Å². The van der Waals surface area contributed by atoms with Crippen molar-refractivity contribution >= 4 is 12.1 Å². The van der Waals surface area contributed by atoms with Gasteiger partial charge >= 0.3 is 0 Å². The molecular weight excluding hydrogens is 233 g/mol. The number of halogens is 1. The van der Waals surface area contributed by atoms with Crippen LogP contribution in [0.1, 0.15) is 5.56 Å². The van der Waals surface area contributed by atoms with E-state index in [1.54, 1.807) is 36.4 Å². The highest BCUT2D eigenvalue weighted by Gasteiger charge is 1.98. The van der Waals surface area contributed by atoms with Crippen LogP contribution in [0.25, 0.3) is 0 Å². The Kier molecular flexibility index (Phi) is 3.91. The lowest BCUT2D eigenvalue weighted by Crippen LogP contribution is -1.97. The minimum atomic E-state index is -0.276. The Labute approximate surface area is 104 Å². The number of hydrogen-bond donors (Lipinski definition) is 1. The van der Waals surface area contributed by atoms with Crippen LogP contribution >= 0.6 is 0 Å². The van der Waals surface area contributed by atoms with Gasteiger partial charge in [-0.25, -0.2) is 4.39 Å². The van der Waals surface area contributed by atoms with Crippen molar-refractivity contribution in [1.82, 2.24) is 0 Å². The highest BCUT2D eigenvalue weighted by atomic mass is 19.1. The van der Waals surface area contributed by atoms with Gasteiger partial charge in [0.2, 0.25) is 6.41 Å². The number of ether oxygens (including phenoxy) is 1. The van der Waals surface area contributed by atoms with Gasteiger partial charge in [0.25, 0.3) is 0 Å². The lowest BCUT2D eigenvalue weighted by molar-refractivity contribution is -0.105. The topological polar surface area (TPSA) is 38.3 Å². The zero-order valence-electron chi connectivity index (χ0n) is 9.60. The van der Waals surface area contributed by atoms with Gasteiger partial charge in [-0.1, -0.05) is 12.1 Å². The van der Waals surface area contributed by atoms with Crippen LogP contribution in [-0.4, -0.2) is 6.41 Å². The number of carbonyl (C=O) groups is 1. The molecule has 0 saturated carbocycles. The van der Waals surface area contributed by atoms with Crippen molar-refractivity contribution in [1.29, 1.82) is 0 Å². The van der Waals surface area contributed by atoms with Crippen LogP contribution in [0.15, 0.2) is 48.5 Å². The number of amides is 1. The lowest BCUT2D eigenvalue weighted by atomic mass is 10.2. The molecule has 0 unspecified atom stereocenters. The van der Waals surface area contributed by atoms with Crippen molar-refractivity contribution < 1.29 is 13.9 Å². The van der Waals surface area contributed by atoms with Crippen LogP contribution < -0.4 is 10.1 Å². The zero-order chi connectivity index (χ0) is 12.8. The van der Waals surface area contributed by atoms with E-state index in [9.17, 15) is 9.18 Å². The lowest BCUT2D eigenvalue weighted by Gasteiger charge is -2.07. The Bertz CT molecular complexity index is 526. The first-order chi connectivity index (χ1) is 8.78. The van der Waals surface area contributed by atoms with E-state index < -0.39 is 0 Å². The average molecular weight is 245 g/mol. The van der Waals surface area contributed by atoms with E-state index in [4.69, 9.17) is 4.74 Å². The predicted molar refractivity (Wildman–Crippen MR) is 66.9 cm³/mol. The van der Waals surface area contributed by atoms with Gasteiger partial charge in [0.05, 0.1) is 0 Å². The Morgan fingerprint density at radius 3 is 2.61 bits per heavy atom. The molecule has 0 bridgehead atoms. The van der Waals surface area contributed by atoms with Crippen molar-refractivity contribution in [2.75, 3.05) is 5.32 Å². The third-order valence-corrected chi connectivity index (χ3v) is 2.37. The summed E-state index contributed by atoms with van der Waals surface area (Å²) in [6.07, 6.45) is 0.614. The van der Waals surface area contributed by atoms with Crippen LogP contribution in [0.3, 0.4) is 0 Å². The Morgan fingerprint density at radius 2 is 1.94 bits per heavy atom. The molecule has 2 rings (SSSR count). The standard InChI is InChI=1S/C14H12FNO2/c15-12-3-1-2-11(8-12)9-18-14-6-4-13(5-7-14)16-10-17/h1-8,10H,9H2,(H,16,17). The third-order valence-electron chi connectivity index (χ3n) is 2.37. The molecule has 0 spiro atoms. The molecule has 0 aliphatic rings. The molecule has 0 heterocycles. The average Bonchev–Trinajstić information content (AvgIpc) is 2.38. The quantitative estimate of drug-likeness (QED) is 0.822. The number of benzene rings is 2. The van der Waals surface area contributed by atoms with E-state index >= 15 is 0 Å². The summed E-state index contributed by atoms with van der Waals surface area (Å²) in [5.74, 6) is 0.386. The van der Waals surface area contributed by atoms with E-state index in [1.165, 1.54) is 12.1 Å². The molecule has 0 aliphatic carbocycles. The Hall–Kier alpha value is -2.36. The van der Waals surface area contributed by atoms with Crippen molar-refractivity contribution in [2.45, 2.75) is 6.61 Å². The maximum atomic E-state index is 12.9. The second kappa shape index (κ2) is 5.82.